The maximum atomic E-state index is 13.8. The van der Waals surface area contributed by atoms with E-state index in [-0.39, 0.29) is 10.8 Å². The van der Waals surface area contributed by atoms with Crippen molar-refractivity contribution in [3.8, 4) is 0 Å². The minimum atomic E-state index is -3.62. The quantitative estimate of drug-likeness (QED) is 0.209. The number of amides is 1. The summed E-state index contributed by atoms with van der Waals surface area (Å²) < 4.78 is 28.8. The number of nitrogens with zero attached hydrogens (tertiary/aromatic N) is 4. The lowest BCUT2D eigenvalue weighted by molar-refractivity contribution is 0.0985. The van der Waals surface area contributed by atoms with Gasteiger partial charge < -0.3 is 0 Å². The van der Waals surface area contributed by atoms with Gasteiger partial charge in [-0.05, 0) is 73.2 Å². The van der Waals surface area contributed by atoms with Crippen LogP contribution < -0.4 is 4.90 Å². The highest BCUT2D eigenvalue weighted by Crippen LogP contribution is 2.33. The van der Waals surface area contributed by atoms with Crippen molar-refractivity contribution in [3.63, 3.8) is 0 Å². The molecule has 194 valence electrons. The predicted octanol–water partition coefficient (Wildman–Crippen LogP) is 6.07. The van der Waals surface area contributed by atoms with Crippen molar-refractivity contribution < 1.29 is 13.2 Å². The Labute approximate surface area is 226 Å². The van der Waals surface area contributed by atoms with E-state index in [0.717, 1.165) is 33.5 Å². The minimum absolute atomic E-state index is 0.189. The molecule has 0 aliphatic carbocycles. The van der Waals surface area contributed by atoms with Crippen molar-refractivity contribution in [2.24, 2.45) is 0 Å². The summed E-state index contributed by atoms with van der Waals surface area (Å²) in [5.74, 6) is -0.254. The summed E-state index contributed by atoms with van der Waals surface area (Å²) in [6.45, 7) is 5.14. The van der Waals surface area contributed by atoms with Gasteiger partial charge in [-0.3, -0.25) is 14.7 Å². The molecule has 0 bridgehead atoms. The van der Waals surface area contributed by atoms with Crippen molar-refractivity contribution in [1.29, 1.82) is 0 Å². The van der Waals surface area contributed by atoms with Crippen LogP contribution in [0, 0.1) is 0 Å². The van der Waals surface area contributed by atoms with Crippen LogP contribution in [0.4, 0.5) is 5.13 Å². The van der Waals surface area contributed by atoms with E-state index in [0.29, 0.717) is 30.3 Å². The van der Waals surface area contributed by atoms with Gasteiger partial charge in [-0.25, -0.2) is 13.4 Å². The second-order valence-electron chi connectivity index (χ2n) is 8.51. The number of pyridine rings is 1. The van der Waals surface area contributed by atoms with E-state index < -0.39 is 10.0 Å². The number of aromatic nitrogens is 2. The van der Waals surface area contributed by atoms with E-state index in [4.69, 9.17) is 4.98 Å². The Hall–Kier alpha value is -2.79. The maximum Gasteiger partial charge on any atom is 0.260 e. The van der Waals surface area contributed by atoms with Crippen LogP contribution in [-0.2, 0) is 16.6 Å². The average molecular weight is 555 g/mol. The maximum absolute atomic E-state index is 13.8. The zero-order valence-corrected chi connectivity index (χ0v) is 23.6. The monoisotopic (exact) mass is 554 g/mol. The van der Waals surface area contributed by atoms with Gasteiger partial charge in [0.05, 0.1) is 21.7 Å². The highest BCUT2D eigenvalue weighted by Gasteiger charge is 2.25. The second kappa shape index (κ2) is 12.2. The molecule has 0 N–H and O–H groups in total. The van der Waals surface area contributed by atoms with Crippen LogP contribution in [0.25, 0.3) is 10.2 Å². The van der Waals surface area contributed by atoms with E-state index in [1.807, 2.05) is 44.4 Å². The number of sulfonamides is 1. The highest BCUT2D eigenvalue weighted by atomic mass is 32.2. The molecule has 1 amide bonds. The Bertz CT molecular complexity index is 1450. The van der Waals surface area contributed by atoms with Crippen molar-refractivity contribution in [2.45, 2.75) is 43.0 Å². The number of hydrogen-bond donors (Lipinski definition) is 0. The lowest BCUT2D eigenvalue weighted by Gasteiger charge is -2.22. The van der Waals surface area contributed by atoms with Crippen LogP contribution in [0.3, 0.4) is 0 Å². The molecule has 0 atom stereocenters. The third-order valence-electron chi connectivity index (χ3n) is 5.81. The molecule has 0 unspecified atom stereocenters. The van der Waals surface area contributed by atoms with Gasteiger partial charge >= 0.3 is 0 Å². The Morgan fingerprint density at radius 3 is 2.38 bits per heavy atom. The molecule has 0 radical (unpaired) electrons. The van der Waals surface area contributed by atoms with Crippen LogP contribution in [0.15, 0.2) is 76.8 Å². The van der Waals surface area contributed by atoms with Gasteiger partial charge in [0.15, 0.2) is 5.13 Å². The standard InChI is InChI=1S/C27H30N4O3S3/c1-4-15-30(16-5-2)37(33,34)23-11-8-21(9-12-23)26(32)31(19-20-7-6-14-28-18-20)27-29-24-13-10-22(35-3)17-25(24)36-27/h6-14,17-18H,4-5,15-16,19H2,1-3H3. The first kappa shape index (κ1) is 27.3. The lowest BCUT2D eigenvalue weighted by Crippen LogP contribution is -2.33. The number of carbonyl (C=O) groups is 1. The fourth-order valence-electron chi connectivity index (χ4n) is 3.96. The molecule has 4 rings (SSSR count). The van der Waals surface area contributed by atoms with Gasteiger partial charge in [-0.2, -0.15) is 4.31 Å². The summed E-state index contributed by atoms with van der Waals surface area (Å²) in [6.07, 6.45) is 6.91. The van der Waals surface area contributed by atoms with Gasteiger partial charge in [0.2, 0.25) is 10.0 Å². The molecule has 0 fully saturated rings. The molecule has 2 heterocycles. The molecule has 0 aliphatic heterocycles. The van der Waals surface area contributed by atoms with Crippen molar-refractivity contribution in [3.05, 3.63) is 78.1 Å². The third kappa shape index (κ3) is 6.20. The van der Waals surface area contributed by atoms with E-state index in [9.17, 15) is 13.2 Å². The number of fused-ring (bicyclic) bond motifs is 1. The summed E-state index contributed by atoms with van der Waals surface area (Å²) in [5, 5.41) is 0.580. The molecular formula is C27H30N4O3S3. The molecule has 7 nitrogen and oxygen atoms in total. The van der Waals surface area contributed by atoms with Crippen LogP contribution >= 0.6 is 23.1 Å². The molecule has 0 spiro atoms. The number of carbonyl (C=O) groups excluding carboxylic acids is 1. The summed E-state index contributed by atoms with van der Waals surface area (Å²) >= 11 is 3.11. The Balaban J connectivity index is 1.68. The Morgan fingerprint density at radius 2 is 1.76 bits per heavy atom. The van der Waals surface area contributed by atoms with Crippen LogP contribution in [0.2, 0.25) is 0 Å². The van der Waals surface area contributed by atoms with Gasteiger partial charge in [-0.1, -0.05) is 31.3 Å². The number of anilines is 1. The van der Waals surface area contributed by atoms with E-state index in [2.05, 4.69) is 11.1 Å². The molecule has 0 saturated carbocycles. The summed E-state index contributed by atoms with van der Waals surface area (Å²) in [7, 11) is -3.62. The third-order valence-corrected chi connectivity index (χ3v) is 9.49. The lowest BCUT2D eigenvalue weighted by atomic mass is 10.2. The van der Waals surface area contributed by atoms with Crippen LogP contribution in [-0.4, -0.2) is 47.9 Å². The summed E-state index contributed by atoms with van der Waals surface area (Å²) in [6, 6.07) is 16.0. The van der Waals surface area contributed by atoms with Gasteiger partial charge in [0.25, 0.3) is 5.91 Å². The van der Waals surface area contributed by atoms with Crippen molar-refractivity contribution >= 4 is 54.4 Å². The fourth-order valence-corrected chi connectivity index (χ4v) is 7.10. The molecule has 4 aromatic rings. The molecule has 2 aromatic carbocycles. The zero-order valence-electron chi connectivity index (χ0n) is 21.1. The van der Waals surface area contributed by atoms with Crippen molar-refractivity contribution in [1.82, 2.24) is 14.3 Å². The number of hydrogen-bond acceptors (Lipinski definition) is 7. The topological polar surface area (TPSA) is 83.5 Å². The van der Waals surface area contributed by atoms with Crippen LogP contribution in [0.5, 0.6) is 0 Å². The van der Waals surface area contributed by atoms with Crippen molar-refractivity contribution in [2.75, 3.05) is 24.2 Å². The number of rotatable bonds is 11. The highest BCUT2D eigenvalue weighted by molar-refractivity contribution is 7.98. The number of thiazole rings is 1. The smallest absolute Gasteiger partial charge is 0.260 e. The molecule has 0 saturated heterocycles. The van der Waals surface area contributed by atoms with Crippen LogP contribution in [0.1, 0.15) is 42.6 Å². The van der Waals surface area contributed by atoms with E-state index in [1.165, 1.54) is 27.8 Å². The first-order valence-electron chi connectivity index (χ1n) is 12.1. The molecule has 37 heavy (non-hydrogen) atoms. The molecule has 2 aromatic heterocycles. The second-order valence-corrected chi connectivity index (χ2v) is 12.3. The molecular weight excluding hydrogens is 525 g/mol. The van der Waals surface area contributed by atoms with Gasteiger partial charge in [0.1, 0.15) is 0 Å². The molecule has 0 aliphatic rings. The van der Waals surface area contributed by atoms with Gasteiger partial charge in [-0.15, -0.1) is 11.8 Å². The fraction of sp³-hybridized carbons (Fsp3) is 0.296. The number of thioether (sulfide) groups is 1. The van der Waals surface area contributed by atoms with E-state index >= 15 is 0 Å². The minimum Gasteiger partial charge on any atom is -0.279 e. The Morgan fingerprint density at radius 1 is 1.03 bits per heavy atom. The normalized spacial score (nSPS) is 11.8. The average Bonchev–Trinajstić information content (AvgIpc) is 3.35. The Kier molecular flexibility index (Phi) is 8.96. The SMILES string of the molecule is CCCN(CCC)S(=O)(=O)c1ccc(C(=O)N(Cc2cccnc2)c2nc3ccc(SC)cc3s2)cc1. The first-order valence-corrected chi connectivity index (χ1v) is 15.6. The largest absolute Gasteiger partial charge is 0.279 e. The van der Waals surface area contributed by atoms with Gasteiger partial charge in [0, 0.05) is 35.9 Å². The summed E-state index contributed by atoms with van der Waals surface area (Å²) in [5.41, 5.74) is 2.09. The summed E-state index contributed by atoms with van der Waals surface area (Å²) in [4.78, 5) is 25.6. The molecule has 10 heteroatoms. The predicted molar refractivity (Wildman–Crippen MR) is 152 cm³/mol. The number of benzene rings is 2. The first-order chi connectivity index (χ1) is 17.9. The zero-order chi connectivity index (χ0) is 26.4. The van der Waals surface area contributed by atoms with E-state index in [1.54, 1.807) is 41.2 Å².